The highest BCUT2D eigenvalue weighted by Crippen LogP contribution is 2.05. The van der Waals surface area contributed by atoms with E-state index in [1.807, 2.05) is 6.92 Å². The number of H-pyrrole nitrogens is 2. The van der Waals surface area contributed by atoms with Crippen molar-refractivity contribution in [2.24, 2.45) is 4.99 Å². The number of morpholine rings is 1. The van der Waals surface area contributed by atoms with Crippen LogP contribution < -0.4 is 21.3 Å². The van der Waals surface area contributed by atoms with Gasteiger partial charge in [-0.15, -0.1) is 0 Å². The molecule has 0 radical (unpaired) electrons. The van der Waals surface area contributed by atoms with Crippen LogP contribution in [0.3, 0.4) is 0 Å². The van der Waals surface area contributed by atoms with Gasteiger partial charge in [-0.3, -0.25) is 14.8 Å². The highest BCUT2D eigenvalue weighted by Gasteiger charge is 2.13. The average Bonchev–Trinajstić information content (AvgIpc) is 2.45. The van der Waals surface area contributed by atoms with Crippen LogP contribution in [0.2, 0.25) is 0 Å². The number of rotatable bonds is 5. The molecule has 0 spiro atoms. The summed E-state index contributed by atoms with van der Waals surface area (Å²) in [4.78, 5) is 32.7. The Hall–Kier alpha value is -1.93. The minimum Gasteiger partial charge on any atom is -0.860 e. The van der Waals surface area contributed by atoms with Gasteiger partial charge >= 0.3 is 5.69 Å². The number of aliphatic imine (C=N–C) groups is 1. The molecule has 21 heavy (non-hydrogen) atoms. The van der Waals surface area contributed by atoms with E-state index in [9.17, 15) is 14.7 Å². The van der Waals surface area contributed by atoms with Gasteiger partial charge in [-0.05, 0) is 12.3 Å². The van der Waals surface area contributed by atoms with Crippen LogP contribution in [0.4, 0.5) is 0 Å². The Morgan fingerprint density at radius 1 is 1.33 bits per heavy atom. The molecular formula is C13H20N4O4. The average molecular weight is 296 g/mol. The van der Waals surface area contributed by atoms with Gasteiger partial charge in [-0.2, -0.15) is 0 Å². The van der Waals surface area contributed by atoms with E-state index in [2.05, 4.69) is 15.0 Å². The topological polar surface area (TPSA) is 115 Å². The van der Waals surface area contributed by atoms with Gasteiger partial charge in [0.2, 0.25) is 0 Å². The van der Waals surface area contributed by atoms with Gasteiger partial charge in [-0.1, -0.05) is 6.92 Å². The van der Waals surface area contributed by atoms with Crippen LogP contribution in [-0.2, 0) is 4.74 Å². The molecule has 2 heterocycles. The maximum Gasteiger partial charge on any atom is 0.325 e. The van der Waals surface area contributed by atoms with E-state index in [-0.39, 0.29) is 5.56 Å². The summed E-state index contributed by atoms with van der Waals surface area (Å²) in [5.74, 6) is -0.678. The van der Waals surface area contributed by atoms with E-state index in [1.54, 1.807) is 0 Å². The van der Waals surface area contributed by atoms with Crippen molar-refractivity contribution in [1.82, 2.24) is 9.97 Å². The SMILES string of the molecule is CCC(=NCC[NH+]1CCOCC1)c1c([O-])[nH]c(=O)[nH]c1=O. The van der Waals surface area contributed by atoms with Crippen molar-refractivity contribution in [2.75, 3.05) is 39.4 Å². The lowest BCUT2D eigenvalue weighted by Gasteiger charge is -2.23. The number of hydrogen-bond acceptors (Lipinski definition) is 5. The van der Waals surface area contributed by atoms with Crippen LogP contribution in [0, 0.1) is 0 Å². The summed E-state index contributed by atoms with van der Waals surface area (Å²) in [6, 6.07) is 0. The lowest BCUT2D eigenvalue weighted by Crippen LogP contribution is -3.14. The number of aromatic nitrogens is 2. The molecule has 0 amide bonds. The summed E-state index contributed by atoms with van der Waals surface area (Å²) in [6.45, 7) is 6.60. The van der Waals surface area contributed by atoms with E-state index in [1.165, 1.54) is 4.90 Å². The first-order chi connectivity index (χ1) is 10.1. The first-order valence-corrected chi connectivity index (χ1v) is 7.10. The third-order valence-corrected chi connectivity index (χ3v) is 3.50. The van der Waals surface area contributed by atoms with Crippen LogP contribution in [0.25, 0.3) is 0 Å². The molecule has 1 fully saturated rings. The molecule has 1 saturated heterocycles. The lowest BCUT2D eigenvalue weighted by molar-refractivity contribution is -0.906. The predicted octanol–water partition coefficient (Wildman–Crippen LogP) is -2.75. The molecule has 3 N–H and O–H groups in total. The molecule has 0 aliphatic carbocycles. The Balaban J connectivity index is 2.10. The molecule has 8 heteroatoms. The fraction of sp³-hybridized carbons (Fsp3) is 0.615. The molecule has 1 aromatic heterocycles. The van der Waals surface area contributed by atoms with Crippen molar-refractivity contribution in [1.29, 1.82) is 0 Å². The fourth-order valence-corrected chi connectivity index (χ4v) is 2.35. The minimum atomic E-state index is -0.790. The first kappa shape index (κ1) is 15.5. The van der Waals surface area contributed by atoms with Crippen LogP contribution in [-0.4, -0.2) is 55.1 Å². The maximum atomic E-state index is 11.7. The minimum absolute atomic E-state index is 0.0610. The third-order valence-electron chi connectivity index (χ3n) is 3.50. The van der Waals surface area contributed by atoms with Crippen molar-refractivity contribution in [3.8, 4) is 5.88 Å². The molecule has 0 saturated carbocycles. The van der Waals surface area contributed by atoms with Crippen molar-refractivity contribution in [2.45, 2.75) is 13.3 Å². The van der Waals surface area contributed by atoms with Gasteiger partial charge in [0.15, 0.2) is 0 Å². The summed E-state index contributed by atoms with van der Waals surface area (Å²) in [5.41, 5.74) is -1.09. The molecule has 0 unspecified atom stereocenters. The Kier molecular flexibility index (Phi) is 5.29. The maximum absolute atomic E-state index is 11.7. The Labute approximate surface area is 121 Å². The predicted molar refractivity (Wildman–Crippen MR) is 75.2 cm³/mol. The van der Waals surface area contributed by atoms with Crippen molar-refractivity contribution >= 4 is 5.71 Å². The molecule has 0 aromatic carbocycles. The van der Waals surface area contributed by atoms with E-state index in [0.29, 0.717) is 18.7 Å². The van der Waals surface area contributed by atoms with Gasteiger partial charge < -0.3 is 19.7 Å². The Morgan fingerprint density at radius 3 is 2.67 bits per heavy atom. The zero-order valence-electron chi connectivity index (χ0n) is 12.0. The van der Waals surface area contributed by atoms with Gasteiger partial charge in [0.1, 0.15) is 13.1 Å². The lowest BCUT2D eigenvalue weighted by atomic mass is 10.1. The van der Waals surface area contributed by atoms with Crippen LogP contribution in [0.5, 0.6) is 5.88 Å². The van der Waals surface area contributed by atoms with E-state index < -0.39 is 17.1 Å². The third kappa shape index (κ3) is 4.02. The zero-order chi connectivity index (χ0) is 15.2. The van der Waals surface area contributed by atoms with E-state index >= 15 is 0 Å². The molecule has 1 aliphatic rings. The first-order valence-electron chi connectivity index (χ1n) is 7.10. The van der Waals surface area contributed by atoms with Crippen LogP contribution in [0.15, 0.2) is 14.6 Å². The molecule has 0 atom stereocenters. The van der Waals surface area contributed by atoms with Crippen molar-refractivity contribution in [3.63, 3.8) is 0 Å². The normalized spacial score (nSPS) is 17.1. The Bertz CT molecular complexity index is 613. The number of ether oxygens (including phenoxy) is 1. The molecular weight excluding hydrogens is 276 g/mol. The van der Waals surface area contributed by atoms with Gasteiger partial charge in [-0.25, -0.2) is 4.79 Å². The van der Waals surface area contributed by atoms with E-state index in [0.717, 1.165) is 32.8 Å². The van der Waals surface area contributed by atoms with Gasteiger partial charge in [0, 0.05) is 5.71 Å². The fourth-order valence-electron chi connectivity index (χ4n) is 2.35. The van der Waals surface area contributed by atoms with E-state index in [4.69, 9.17) is 4.74 Å². The summed E-state index contributed by atoms with van der Waals surface area (Å²) >= 11 is 0. The number of hydrogen-bond donors (Lipinski definition) is 3. The summed E-state index contributed by atoms with van der Waals surface area (Å²) < 4.78 is 5.28. The van der Waals surface area contributed by atoms with Gasteiger partial charge in [0.05, 0.1) is 31.9 Å². The highest BCUT2D eigenvalue weighted by atomic mass is 16.5. The second-order valence-electron chi connectivity index (χ2n) is 4.91. The molecule has 0 bridgehead atoms. The number of nitrogens with one attached hydrogen (secondary N) is 3. The quantitative estimate of drug-likeness (QED) is 0.511. The standard InChI is InChI=1S/C13H20N4O4/c1-2-9(10-11(18)15-13(20)16-12(10)19)14-3-4-17-5-7-21-8-6-17/h2-8H2,1H3,(H3,15,16,18,19,20). The highest BCUT2D eigenvalue weighted by molar-refractivity contribution is 6.01. The molecule has 1 aromatic rings. The Morgan fingerprint density at radius 2 is 2.05 bits per heavy atom. The smallest absolute Gasteiger partial charge is 0.325 e. The second-order valence-corrected chi connectivity index (χ2v) is 4.91. The van der Waals surface area contributed by atoms with Crippen molar-refractivity contribution < 1.29 is 14.7 Å². The summed E-state index contributed by atoms with van der Waals surface area (Å²) in [6.07, 6.45) is 0.461. The number of nitrogens with zero attached hydrogens (tertiary/aromatic N) is 1. The summed E-state index contributed by atoms with van der Waals surface area (Å²) in [5, 5.41) is 11.7. The molecule has 8 nitrogen and oxygen atoms in total. The number of quaternary nitrogens is 1. The zero-order valence-corrected chi connectivity index (χ0v) is 12.0. The number of aromatic amines is 2. The van der Waals surface area contributed by atoms with Gasteiger partial charge in [0.25, 0.3) is 5.56 Å². The molecule has 2 rings (SSSR count). The van der Waals surface area contributed by atoms with Crippen molar-refractivity contribution in [3.05, 3.63) is 26.4 Å². The monoisotopic (exact) mass is 296 g/mol. The second kappa shape index (κ2) is 7.19. The molecule has 1 aliphatic heterocycles. The van der Waals surface area contributed by atoms with Crippen LogP contribution in [0.1, 0.15) is 18.9 Å². The summed E-state index contributed by atoms with van der Waals surface area (Å²) in [7, 11) is 0. The largest absolute Gasteiger partial charge is 0.860 e. The molecule has 116 valence electrons. The van der Waals surface area contributed by atoms with Crippen LogP contribution >= 0.6 is 0 Å².